The number of nitrogen functional groups attached to an aromatic ring is 1. The van der Waals surface area contributed by atoms with Gasteiger partial charge < -0.3 is 20.1 Å². The number of hydrogen-bond acceptors (Lipinski definition) is 5. The molecule has 29 heavy (non-hydrogen) atoms. The fraction of sp³-hybridized carbons (Fsp3) is 0.227. The van der Waals surface area contributed by atoms with E-state index in [4.69, 9.17) is 10.5 Å². The molecule has 2 aromatic carbocycles. The molecular formula is C22H20N4O3. The van der Waals surface area contributed by atoms with Gasteiger partial charge in [-0.25, -0.2) is 14.8 Å². The quantitative estimate of drug-likeness (QED) is 0.552. The first-order valence-corrected chi connectivity index (χ1v) is 9.58. The topological polar surface area (TPSA) is 103 Å². The van der Waals surface area contributed by atoms with E-state index in [1.807, 2.05) is 24.3 Å². The number of rotatable bonds is 3. The molecule has 3 N–H and O–H groups in total. The standard InChI is InChI=1S/C22H20N4O3/c23-20-19-18(11-26(21(19)25-12-24-20)15-6-8-29-9-7-15)14-4-5-16-13(10-14)2-1-3-17(16)22(27)28/h1-5,10-12,15H,6-9H2,(H,27,28)(H2,23,24,25). The normalized spacial score (nSPS) is 15.2. The molecule has 5 rings (SSSR count). The second-order valence-corrected chi connectivity index (χ2v) is 7.30. The summed E-state index contributed by atoms with van der Waals surface area (Å²) in [5.41, 5.74) is 9.27. The molecule has 0 amide bonds. The number of anilines is 1. The molecule has 0 atom stereocenters. The second-order valence-electron chi connectivity index (χ2n) is 7.30. The lowest BCUT2D eigenvalue weighted by Gasteiger charge is -2.24. The van der Waals surface area contributed by atoms with Gasteiger partial charge in [0.1, 0.15) is 17.8 Å². The largest absolute Gasteiger partial charge is 0.478 e. The Morgan fingerprint density at radius 1 is 1.17 bits per heavy atom. The van der Waals surface area contributed by atoms with Crippen LogP contribution in [0.2, 0.25) is 0 Å². The van der Waals surface area contributed by atoms with E-state index >= 15 is 0 Å². The highest BCUT2D eigenvalue weighted by molar-refractivity contribution is 6.06. The molecule has 0 radical (unpaired) electrons. The van der Waals surface area contributed by atoms with Gasteiger partial charge in [-0.2, -0.15) is 0 Å². The van der Waals surface area contributed by atoms with Crippen LogP contribution in [0.4, 0.5) is 5.82 Å². The van der Waals surface area contributed by atoms with Crippen molar-refractivity contribution in [2.75, 3.05) is 18.9 Å². The number of aromatic nitrogens is 3. The lowest BCUT2D eigenvalue weighted by molar-refractivity contribution is 0.0697. The van der Waals surface area contributed by atoms with Crippen molar-refractivity contribution in [3.8, 4) is 11.1 Å². The van der Waals surface area contributed by atoms with Gasteiger partial charge in [-0.15, -0.1) is 0 Å². The number of nitrogens with zero attached hydrogens (tertiary/aromatic N) is 3. The third-order valence-corrected chi connectivity index (χ3v) is 5.64. The molecule has 0 spiro atoms. The number of carboxylic acid groups (broad SMARTS) is 1. The zero-order chi connectivity index (χ0) is 20.0. The Kier molecular flexibility index (Phi) is 4.17. The van der Waals surface area contributed by atoms with Crippen molar-refractivity contribution < 1.29 is 14.6 Å². The van der Waals surface area contributed by atoms with E-state index in [1.165, 1.54) is 6.33 Å². The summed E-state index contributed by atoms with van der Waals surface area (Å²) in [5.74, 6) is -0.493. The van der Waals surface area contributed by atoms with Crippen molar-refractivity contribution >= 4 is 33.6 Å². The van der Waals surface area contributed by atoms with Crippen LogP contribution in [0.25, 0.3) is 32.9 Å². The molecule has 1 aliphatic rings. The molecule has 0 unspecified atom stereocenters. The van der Waals surface area contributed by atoms with Crippen LogP contribution in [0.15, 0.2) is 48.9 Å². The number of carboxylic acids is 1. The van der Waals surface area contributed by atoms with Crippen LogP contribution in [-0.4, -0.2) is 38.8 Å². The third-order valence-electron chi connectivity index (χ3n) is 5.64. The summed E-state index contributed by atoms with van der Waals surface area (Å²) in [5, 5.41) is 11.8. The smallest absolute Gasteiger partial charge is 0.336 e. The van der Waals surface area contributed by atoms with E-state index in [0.29, 0.717) is 22.8 Å². The predicted octanol–water partition coefficient (Wildman–Crippen LogP) is 3.88. The van der Waals surface area contributed by atoms with E-state index in [1.54, 1.807) is 12.1 Å². The molecule has 0 aliphatic carbocycles. The van der Waals surface area contributed by atoms with Gasteiger partial charge in [0.15, 0.2) is 0 Å². The van der Waals surface area contributed by atoms with Gasteiger partial charge in [0.25, 0.3) is 0 Å². The summed E-state index contributed by atoms with van der Waals surface area (Å²) >= 11 is 0. The molecule has 7 heteroatoms. The molecule has 7 nitrogen and oxygen atoms in total. The molecule has 1 saturated heterocycles. The summed E-state index contributed by atoms with van der Waals surface area (Å²) in [6.07, 6.45) is 5.43. The van der Waals surface area contributed by atoms with Gasteiger partial charge in [0, 0.05) is 31.0 Å². The minimum absolute atomic E-state index is 0.293. The maximum atomic E-state index is 11.5. The molecular weight excluding hydrogens is 368 g/mol. The van der Waals surface area contributed by atoms with Gasteiger partial charge in [-0.3, -0.25) is 0 Å². The second kappa shape index (κ2) is 6.86. The molecule has 0 saturated carbocycles. The Hall–Kier alpha value is -3.45. The highest BCUT2D eigenvalue weighted by atomic mass is 16.5. The summed E-state index contributed by atoms with van der Waals surface area (Å²) in [6, 6.07) is 11.4. The number of aromatic carboxylic acids is 1. The van der Waals surface area contributed by atoms with Crippen LogP contribution in [0, 0.1) is 0 Å². The predicted molar refractivity (Wildman–Crippen MR) is 111 cm³/mol. The summed E-state index contributed by atoms with van der Waals surface area (Å²) in [7, 11) is 0. The molecule has 4 aromatic rings. The van der Waals surface area contributed by atoms with E-state index in [0.717, 1.165) is 53.6 Å². The number of carbonyl (C=O) groups is 1. The van der Waals surface area contributed by atoms with E-state index < -0.39 is 5.97 Å². The first-order chi connectivity index (χ1) is 14.1. The maximum absolute atomic E-state index is 11.5. The maximum Gasteiger partial charge on any atom is 0.336 e. The van der Waals surface area contributed by atoms with E-state index in [2.05, 4.69) is 20.7 Å². The van der Waals surface area contributed by atoms with Crippen LogP contribution in [0.3, 0.4) is 0 Å². The van der Waals surface area contributed by atoms with Crippen LogP contribution >= 0.6 is 0 Å². The van der Waals surface area contributed by atoms with Crippen molar-refractivity contribution in [3.63, 3.8) is 0 Å². The highest BCUT2D eigenvalue weighted by Crippen LogP contribution is 2.37. The zero-order valence-corrected chi connectivity index (χ0v) is 15.7. The van der Waals surface area contributed by atoms with Crippen LogP contribution in [0.5, 0.6) is 0 Å². The molecule has 0 bridgehead atoms. The van der Waals surface area contributed by atoms with Gasteiger partial charge in [0.05, 0.1) is 10.9 Å². The third kappa shape index (κ3) is 2.91. The summed E-state index contributed by atoms with van der Waals surface area (Å²) in [4.78, 5) is 20.2. The van der Waals surface area contributed by atoms with Crippen LogP contribution < -0.4 is 5.73 Å². The molecule has 2 aromatic heterocycles. The molecule has 3 heterocycles. The zero-order valence-electron chi connectivity index (χ0n) is 15.7. The Labute approximate surface area is 166 Å². The number of fused-ring (bicyclic) bond motifs is 2. The Morgan fingerprint density at radius 3 is 2.79 bits per heavy atom. The van der Waals surface area contributed by atoms with Crippen molar-refractivity contribution in [1.29, 1.82) is 0 Å². The summed E-state index contributed by atoms with van der Waals surface area (Å²) < 4.78 is 7.69. The van der Waals surface area contributed by atoms with Gasteiger partial charge in [-0.1, -0.05) is 24.3 Å². The van der Waals surface area contributed by atoms with Gasteiger partial charge in [0.2, 0.25) is 0 Å². The van der Waals surface area contributed by atoms with Gasteiger partial charge >= 0.3 is 5.97 Å². The van der Waals surface area contributed by atoms with E-state index in [9.17, 15) is 9.90 Å². The van der Waals surface area contributed by atoms with Crippen LogP contribution in [0.1, 0.15) is 29.2 Å². The minimum atomic E-state index is -0.933. The van der Waals surface area contributed by atoms with Crippen molar-refractivity contribution in [2.45, 2.75) is 18.9 Å². The Bertz CT molecular complexity index is 1240. The SMILES string of the molecule is Nc1ncnc2c1c(-c1ccc3c(C(=O)O)cccc3c1)cn2C1CCOCC1. The lowest BCUT2D eigenvalue weighted by atomic mass is 9.98. The molecule has 1 fully saturated rings. The first kappa shape index (κ1) is 17.6. The first-order valence-electron chi connectivity index (χ1n) is 9.58. The fourth-order valence-corrected chi connectivity index (χ4v) is 4.21. The monoisotopic (exact) mass is 388 g/mol. The number of ether oxygens (including phenoxy) is 1. The van der Waals surface area contributed by atoms with Crippen molar-refractivity contribution in [2.24, 2.45) is 0 Å². The van der Waals surface area contributed by atoms with Crippen molar-refractivity contribution in [3.05, 3.63) is 54.5 Å². The van der Waals surface area contributed by atoms with Gasteiger partial charge in [-0.05, 0) is 41.3 Å². The average Bonchev–Trinajstić information content (AvgIpc) is 3.14. The lowest BCUT2D eigenvalue weighted by Crippen LogP contribution is -2.19. The number of hydrogen-bond donors (Lipinski definition) is 2. The fourth-order valence-electron chi connectivity index (χ4n) is 4.21. The Balaban J connectivity index is 1.71. The summed E-state index contributed by atoms with van der Waals surface area (Å²) in [6.45, 7) is 1.46. The van der Waals surface area contributed by atoms with E-state index in [-0.39, 0.29) is 0 Å². The van der Waals surface area contributed by atoms with Crippen LogP contribution in [-0.2, 0) is 4.74 Å². The van der Waals surface area contributed by atoms with Crippen molar-refractivity contribution in [1.82, 2.24) is 14.5 Å². The Morgan fingerprint density at radius 2 is 2.00 bits per heavy atom. The highest BCUT2D eigenvalue weighted by Gasteiger charge is 2.22. The molecule has 1 aliphatic heterocycles. The minimum Gasteiger partial charge on any atom is -0.478 e. The number of nitrogens with two attached hydrogens (primary N) is 1. The number of benzene rings is 2. The molecule has 146 valence electrons. The average molecular weight is 388 g/mol.